The molecule has 3 aliphatic carbocycles. The molecule has 90 heavy (non-hydrogen) atoms. The molecule has 9 aromatic rings. The van der Waals surface area contributed by atoms with Crippen LogP contribution >= 0.6 is 0 Å². The van der Waals surface area contributed by atoms with Gasteiger partial charge in [-0.1, -0.05) is 90.6 Å². The lowest BCUT2D eigenvalue weighted by molar-refractivity contribution is 0.244. The summed E-state index contributed by atoms with van der Waals surface area (Å²) in [6, 6.07) is -11.1. The number of hydrogen-bond acceptors (Lipinski definition) is 15. The lowest BCUT2D eigenvalue weighted by Crippen LogP contribution is -2.19. The summed E-state index contributed by atoms with van der Waals surface area (Å²) >= 11 is 0. The maximum atomic E-state index is 8.94. The molecule has 0 unspecified atom stereocenters. The molecule has 0 bridgehead atoms. The van der Waals surface area contributed by atoms with Gasteiger partial charge in [0.25, 0.3) is 17.7 Å². The van der Waals surface area contributed by atoms with Crippen LogP contribution in [-0.2, 0) is 19.3 Å². The second kappa shape index (κ2) is 29.7. The summed E-state index contributed by atoms with van der Waals surface area (Å²) in [6.45, 7) is 34.2. The number of hydrogen-bond donors (Lipinski definition) is 3. The molecule has 3 atom stereocenters. The van der Waals surface area contributed by atoms with Crippen LogP contribution in [0.5, 0.6) is 17.2 Å². The first-order valence-electron chi connectivity index (χ1n) is 43.2. The molecule has 0 fully saturated rings. The normalized spacial score (nSPS) is 23.0. The van der Waals surface area contributed by atoms with Crippen molar-refractivity contribution >= 4 is 17.1 Å². The maximum Gasteiger partial charge on any atom is 0.256 e. The Hall–Kier alpha value is -9.51. The molecule has 0 aliphatic heterocycles. The fraction of sp³-hybridized carbons (Fsp3) is 0.375. The second-order valence-corrected chi connectivity index (χ2v) is 20.4. The molecule has 6 aromatic carbocycles. The Kier molecular flexibility index (Phi) is 11.7. The van der Waals surface area contributed by atoms with Gasteiger partial charge in [-0.2, -0.15) is 15.0 Å². The molecule has 462 valence electrons. The van der Waals surface area contributed by atoms with Gasteiger partial charge in [0.05, 0.1) is 58.6 Å². The molecule has 12 rings (SSSR count). The molecular formula is C72H78N12O6. The van der Waals surface area contributed by atoms with Crippen LogP contribution in [0.3, 0.4) is 0 Å². The summed E-state index contributed by atoms with van der Waals surface area (Å²) in [4.78, 5) is 22.6. The van der Waals surface area contributed by atoms with Gasteiger partial charge in [0.1, 0.15) is 17.2 Å². The Morgan fingerprint density at radius 3 is 1.39 bits per heavy atom. The largest absolute Gasteiger partial charge is 0.502 e. The van der Waals surface area contributed by atoms with E-state index in [1.165, 1.54) is 13.0 Å². The number of benzene rings is 6. The van der Waals surface area contributed by atoms with Crippen molar-refractivity contribution in [1.82, 2.24) is 46.4 Å². The van der Waals surface area contributed by atoms with Gasteiger partial charge >= 0.3 is 0 Å². The molecule has 3 N–H and O–H groups in total. The molecule has 18 heteroatoms. The van der Waals surface area contributed by atoms with Crippen LogP contribution in [0.25, 0.3) is 83.1 Å². The summed E-state index contributed by atoms with van der Waals surface area (Å²) in [7, 11) is 0. The standard InChI is InChI=1S/3C24H26N4O2/c3*1-5-13-26-20-11-10-17-18(20)7-6-8-19(17)23-27-24(30-28-23)16-9-12-22(29-15(2)3)21(14-16)25-4/h3*6-9,12,14-15,20,26H,5,10-11,13H2,1-3H3/t3*20-/m000/s1/i5D2,6D,7D,8D,9D,11D2,12D,13D2,14D;6D,7D,8D,9D,11D2,12D,14D,20D;5D2,6D,8D,9D,11D2,12D,14D. The van der Waals surface area contributed by atoms with E-state index in [2.05, 4.69) is 60.9 Å². The smallest absolute Gasteiger partial charge is 0.256 e. The fourth-order valence-electron chi connectivity index (χ4n) is 9.11. The Bertz CT molecular complexity index is 5720. The zero-order chi connectivity index (χ0) is 89.7. The lowest BCUT2D eigenvalue weighted by Gasteiger charge is -2.13. The SMILES string of the molecule is [2H]c1c([2H])c(-c2noc(-c3c([2H])c([2H])c(OC(C)C)c([N+]#[C-])c3[2H])n2)c2c(c1[2H])[C@@H](NC([2H])([2H])C([2H])([2H])C)C([2H])([2H])C2.[2H]c1c([2H])c(-c2noc(-c3c([2H])c([2H])c(OC(C)C)c([N+]#[C-])c3[2H])n2)c2c(c1[2H])[C@@]([2H])(NCCC)C([2H])([2H])C2.[2H]c1cc2c(c(-c3noc(-c4c([2H])c([2H])c(OC(C)C)c([N+]#[C-])c4[2H])n3)c1[2H])CC([2H])([2H])[C@@H]2NCC([2H])([2H])C. The van der Waals surface area contributed by atoms with Gasteiger partial charge in [-0.25, -0.2) is 14.5 Å². The highest BCUT2D eigenvalue weighted by molar-refractivity contribution is 5.74. The van der Waals surface area contributed by atoms with E-state index in [1.54, 1.807) is 41.5 Å². The highest BCUT2D eigenvalue weighted by atomic mass is 16.5. The van der Waals surface area contributed by atoms with E-state index in [-0.39, 0.29) is 157 Å². The van der Waals surface area contributed by atoms with E-state index >= 15 is 0 Å². The number of fused-ring (bicyclic) bond motifs is 3. The number of aromatic nitrogens is 6. The maximum absolute atomic E-state index is 8.94. The molecule has 3 aromatic heterocycles. The number of nitrogens with one attached hydrogen (secondary N) is 3. The predicted molar refractivity (Wildman–Crippen MR) is 350 cm³/mol. The summed E-state index contributed by atoms with van der Waals surface area (Å²) in [6.07, 6.45) is -12.0. The Balaban J connectivity index is 0.000000189. The molecule has 0 saturated heterocycles. The third-order valence-corrected chi connectivity index (χ3v) is 13.0. The van der Waals surface area contributed by atoms with Crippen LogP contribution in [-0.4, -0.2) is 68.3 Å². The highest BCUT2D eigenvalue weighted by Crippen LogP contribution is 2.42. The molecular weight excluding hydrogens is 1130 g/mol. The zero-order valence-electron chi connectivity index (χ0n) is 80.2. The van der Waals surface area contributed by atoms with Crippen LogP contribution in [0.1, 0.15) is 193 Å². The highest BCUT2D eigenvalue weighted by Gasteiger charge is 2.30. The van der Waals surface area contributed by atoms with E-state index < -0.39 is 178 Å². The number of ether oxygens (including phenoxy) is 3. The lowest BCUT2D eigenvalue weighted by atomic mass is 10.0. The Labute approximate surface area is 569 Å². The van der Waals surface area contributed by atoms with Gasteiger partial charge in [0, 0.05) is 72.0 Å². The Morgan fingerprint density at radius 1 is 0.533 bits per heavy atom. The van der Waals surface area contributed by atoms with Crippen LogP contribution in [0.15, 0.2) is 122 Å². The van der Waals surface area contributed by atoms with Gasteiger partial charge in [0.2, 0.25) is 34.5 Å². The molecule has 18 nitrogen and oxygen atoms in total. The average Bonchev–Trinajstić information content (AvgIpc) is 1.55. The van der Waals surface area contributed by atoms with Crippen molar-refractivity contribution in [3.8, 4) is 85.8 Å². The van der Waals surface area contributed by atoms with Gasteiger partial charge < -0.3 is 43.7 Å². The van der Waals surface area contributed by atoms with Crippen LogP contribution in [0.4, 0.5) is 17.1 Å². The summed E-state index contributed by atoms with van der Waals surface area (Å²) in [5.41, 5.74) is -1.41. The fourth-order valence-corrected chi connectivity index (χ4v) is 9.11. The van der Waals surface area contributed by atoms with Crippen molar-refractivity contribution in [1.29, 1.82) is 0 Å². The van der Waals surface area contributed by atoms with Crippen LogP contribution in [0.2, 0.25) is 0 Å². The van der Waals surface area contributed by atoms with Gasteiger partial charge in [-0.05, 0) is 206 Å². The minimum atomic E-state index is -2.74. The first-order chi connectivity index (χ1) is 55.5. The van der Waals surface area contributed by atoms with Gasteiger partial charge in [-0.3, -0.25) is 0 Å². The molecule has 0 spiro atoms. The van der Waals surface area contributed by atoms with E-state index in [9.17, 15) is 0 Å². The minimum absolute atomic E-state index is 0.0178. The van der Waals surface area contributed by atoms with E-state index in [0.29, 0.717) is 17.5 Å². The molecule has 0 saturated carbocycles. The first kappa shape index (κ1) is 35.6. The van der Waals surface area contributed by atoms with Crippen LogP contribution < -0.4 is 30.2 Å². The van der Waals surface area contributed by atoms with Crippen molar-refractivity contribution in [3.63, 3.8) is 0 Å². The summed E-state index contributed by atoms with van der Waals surface area (Å²) in [5.74, 6) is -2.58. The van der Waals surface area contributed by atoms with Crippen molar-refractivity contribution < 1.29 is 68.9 Å². The summed E-state index contributed by atoms with van der Waals surface area (Å²) in [5, 5.41) is 19.7. The van der Waals surface area contributed by atoms with Crippen molar-refractivity contribution in [2.75, 3.05) is 19.6 Å². The van der Waals surface area contributed by atoms with Gasteiger partial charge in [-0.15, -0.1) is 0 Å². The molecule has 0 radical (unpaired) electrons. The molecule has 3 heterocycles. The minimum Gasteiger partial charge on any atom is -0.502 e. The van der Waals surface area contributed by atoms with Gasteiger partial charge in [0.15, 0.2) is 0 Å². The second-order valence-electron chi connectivity index (χ2n) is 20.4. The van der Waals surface area contributed by atoms with E-state index in [1.807, 2.05) is 6.92 Å². The van der Waals surface area contributed by atoms with Crippen molar-refractivity contribution in [2.45, 2.75) is 156 Å². The topological polar surface area (TPSA) is 194 Å². The third kappa shape index (κ3) is 14.6. The molecule has 0 amide bonds. The Morgan fingerprint density at radius 2 is 0.956 bits per heavy atom. The zero-order valence-corrected chi connectivity index (χ0v) is 50.2. The van der Waals surface area contributed by atoms with E-state index in [0.717, 1.165) is 6.92 Å². The third-order valence-electron chi connectivity index (χ3n) is 13.0. The number of rotatable bonds is 21. The predicted octanol–water partition coefficient (Wildman–Crippen LogP) is 17.2. The van der Waals surface area contributed by atoms with Crippen LogP contribution in [0, 0.1) is 19.7 Å². The monoisotopic (exact) mass is 1240 g/mol. The van der Waals surface area contributed by atoms with Crippen molar-refractivity contribution in [2.24, 2.45) is 0 Å². The molecule has 3 aliphatic rings. The quantitative estimate of drug-likeness (QED) is 0.0575. The van der Waals surface area contributed by atoms with E-state index in [4.69, 9.17) is 88.6 Å². The first-order valence-corrected chi connectivity index (χ1v) is 28.2. The van der Waals surface area contributed by atoms with Crippen molar-refractivity contribution in [3.05, 3.63) is 176 Å². The average molecular weight is 1240 g/mol. The number of nitrogens with zero attached hydrogens (tertiary/aromatic N) is 9. The summed E-state index contributed by atoms with van der Waals surface area (Å²) < 4.78 is 284.